The Labute approximate surface area is 167 Å². The molecule has 0 aliphatic rings. The van der Waals surface area contributed by atoms with E-state index in [1.54, 1.807) is 24.5 Å². The lowest BCUT2D eigenvalue weighted by molar-refractivity contribution is -0.116. The Morgan fingerprint density at radius 2 is 1.90 bits per heavy atom. The lowest BCUT2D eigenvalue weighted by atomic mass is 10.2. The third-order valence-electron chi connectivity index (χ3n) is 4.58. The molecule has 4 rings (SSSR count). The van der Waals surface area contributed by atoms with Gasteiger partial charge in [0.25, 0.3) is 0 Å². The molecule has 1 aromatic carbocycles. The molecule has 0 bridgehead atoms. The van der Waals surface area contributed by atoms with E-state index in [0.29, 0.717) is 31.5 Å². The molecule has 0 radical (unpaired) electrons. The second-order valence-corrected chi connectivity index (χ2v) is 6.73. The first-order valence-electron chi connectivity index (χ1n) is 9.43. The molecule has 0 fully saturated rings. The molecule has 0 spiro atoms. The quantitative estimate of drug-likeness (QED) is 0.519. The molecule has 0 saturated heterocycles. The van der Waals surface area contributed by atoms with Gasteiger partial charge in [0.1, 0.15) is 17.2 Å². The lowest BCUT2D eigenvalue weighted by Gasteiger charge is -2.09. The van der Waals surface area contributed by atoms with Crippen molar-refractivity contribution in [1.29, 1.82) is 0 Å². The van der Waals surface area contributed by atoms with E-state index in [0.717, 1.165) is 22.6 Å². The zero-order chi connectivity index (χ0) is 20.1. The van der Waals surface area contributed by atoms with E-state index in [1.807, 2.05) is 30.5 Å². The highest BCUT2D eigenvalue weighted by Crippen LogP contribution is 2.18. The van der Waals surface area contributed by atoms with Crippen LogP contribution in [0.15, 0.2) is 67.1 Å². The first kappa shape index (κ1) is 18.7. The molecule has 146 valence electrons. The molecule has 0 saturated carbocycles. The number of halogens is 1. The van der Waals surface area contributed by atoms with Crippen LogP contribution < -0.4 is 5.32 Å². The molecular formula is C22H20FN5O. The minimum absolute atomic E-state index is 0.107. The molecule has 3 aromatic heterocycles. The molecule has 6 nitrogen and oxygen atoms in total. The Bertz CT molecular complexity index is 1110. The summed E-state index contributed by atoms with van der Waals surface area (Å²) in [5.74, 6) is 0.450. The fourth-order valence-corrected chi connectivity index (χ4v) is 3.20. The van der Waals surface area contributed by atoms with Crippen LogP contribution in [0, 0.1) is 5.82 Å². The summed E-state index contributed by atoms with van der Waals surface area (Å²) in [6.07, 6.45) is 6.96. The van der Waals surface area contributed by atoms with Crippen molar-refractivity contribution in [2.24, 2.45) is 0 Å². The Kier molecular flexibility index (Phi) is 5.56. The average Bonchev–Trinajstić information content (AvgIpc) is 3.08. The molecule has 7 heteroatoms. The number of carbonyl (C=O) groups is 1. The van der Waals surface area contributed by atoms with E-state index in [2.05, 4.69) is 19.9 Å². The second-order valence-electron chi connectivity index (χ2n) is 6.73. The molecule has 3 heterocycles. The standard InChI is InChI=1S/C22H20FN5O/c23-17-8-10-18(11-9-17)26-21(29)7-1-6-20-27-19-5-3-13-25-22(19)28(20)15-16-4-2-12-24-14-16/h2-5,8-14H,1,6-7,15H2,(H,26,29). The van der Waals surface area contributed by atoms with Gasteiger partial charge in [-0.05, 0) is 54.4 Å². The van der Waals surface area contributed by atoms with Gasteiger partial charge < -0.3 is 9.88 Å². The van der Waals surface area contributed by atoms with Crippen molar-refractivity contribution in [2.45, 2.75) is 25.8 Å². The molecule has 0 atom stereocenters. The van der Waals surface area contributed by atoms with Crippen LogP contribution in [0.3, 0.4) is 0 Å². The zero-order valence-electron chi connectivity index (χ0n) is 15.8. The van der Waals surface area contributed by atoms with E-state index >= 15 is 0 Å². The van der Waals surface area contributed by atoms with Crippen LogP contribution in [0.4, 0.5) is 10.1 Å². The topological polar surface area (TPSA) is 72.7 Å². The number of rotatable bonds is 7. The molecular weight excluding hydrogens is 369 g/mol. The van der Waals surface area contributed by atoms with Gasteiger partial charge in [0, 0.05) is 37.1 Å². The van der Waals surface area contributed by atoms with Crippen LogP contribution in [0.5, 0.6) is 0 Å². The van der Waals surface area contributed by atoms with Crippen molar-refractivity contribution < 1.29 is 9.18 Å². The first-order chi connectivity index (χ1) is 14.2. The van der Waals surface area contributed by atoms with Gasteiger partial charge in [-0.2, -0.15) is 0 Å². The summed E-state index contributed by atoms with van der Waals surface area (Å²) < 4.78 is 15.0. The highest BCUT2D eigenvalue weighted by Gasteiger charge is 2.13. The number of anilines is 1. The van der Waals surface area contributed by atoms with E-state index in [-0.39, 0.29) is 11.7 Å². The molecule has 0 unspecified atom stereocenters. The maximum atomic E-state index is 13.0. The van der Waals surface area contributed by atoms with Gasteiger partial charge in [-0.25, -0.2) is 14.4 Å². The molecule has 29 heavy (non-hydrogen) atoms. The number of benzene rings is 1. The first-order valence-corrected chi connectivity index (χ1v) is 9.43. The number of pyridine rings is 2. The third kappa shape index (κ3) is 4.63. The highest BCUT2D eigenvalue weighted by atomic mass is 19.1. The number of aryl methyl sites for hydroxylation is 1. The Balaban J connectivity index is 1.44. The van der Waals surface area contributed by atoms with Crippen molar-refractivity contribution in [2.75, 3.05) is 5.32 Å². The lowest BCUT2D eigenvalue weighted by Crippen LogP contribution is -2.12. The van der Waals surface area contributed by atoms with Crippen LogP contribution >= 0.6 is 0 Å². The van der Waals surface area contributed by atoms with Crippen LogP contribution in [-0.4, -0.2) is 25.4 Å². The van der Waals surface area contributed by atoms with Gasteiger partial charge in [-0.3, -0.25) is 9.78 Å². The fourth-order valence-electron chi connectivity index (χ4n) is 3.20. The SMILES string of the molecule is O=C(CCCc1nc2cccnc2n1Cc1cccnc1)Nc1ccc(F)cc1. The van der Waals surface area contributed by atoms with E-state index < -0.39 is 0 Å². The minimum atomic E-state index is -0.330. The highest BCUT2D eigenvalue weighted by molar-refractivity contribution is 5.90. The van der Waals surface area contributed by atoms with Crippen molar-refractivity contribution in [1.82, 2.24) is 19.5 Å². The summed E-state index contributed by atoms with van der Waals surface area (Å²) in [6, 6.07) is 13.5. The summed E-state index contributed by atoms with van der Waals surface area (Å²) in [4.78, 5) is 25.5. The number of amides is 1. The summed E-state index contributed by atoms with van der Waals surface area (Å²) >= 11 is 0. The molecule has 1 N–H and O–H groups in total. The number of fused-ring (bicyclic) bond motifs is 1. The largest absolute Gasteiger partial charge is 0.326 e. The summed E-state index contributed by atoms with van der Waals surface area (Å²) in [5.41, 5.74) is 3.31. The summed E-state index contributed by atoms with van der Waals surface area (Å²) in [5, 5.41) is 2.78. The predicted octanol–water partition coefficient (Wildman–Crippen LogP) is 3.98. The number of nitrogens with one attached hydrogen (secondary N) is 1. The second kappa shape index (κ2) is 8.60. The van der Waals surface area contributed by atoms with E-state index in [9.17, 15) is 9.18 Å². The normalized spacial score (nSPS) is 10.9. The van der Waals surface area contributed by atoms with Gasteiger partial charge in [-0.15, -0.1) is 0 Å². The monoisotopic (exact) mass is 389 g/mol. The summed E-state index contributed by atoms with van der Waals surface area (Å²) in [6.45, 7) is 0.623. The number of aromatic nitrogens is 4. The van der Waals surface area contributed by atoms with Crippen LogP contribution in [0.25, 0.3) is 11.2 Å². The van der Waals surface area contributed by atoms with Gasteiger partial charge in [0.2, 0.25) is 5.91 Å². The van der Waals surface area contributed by atoms with Crippen LogP contribution in [-0.2, 0) is 17.8 Å². The molecule has 4 aromatic rings. The zero-order valence-corrected chi connectivity index (χ0v) is 15.8. The van der Waals surface area contributed by atoms with Crippen LogP contribution in [0.2, 0.25) is 0 Å². The van der Waals surface area contributed by atoms with Gasteiger partial charge in [0.15, 0.2) is 5.65 Å². The molecule has 0 aliphatic heterocycles. The van der Waals surface area contributed by atoms with Crippen molar-refractivity contribution >= 4 is 22.8 Å². The Morgan fingerprint density at radius 3 is 2.69 bits per heavy atom. The van der Waals surface area contributed by atoms with Crippen molar-refractivity contribution in [3.8, 4) is 0 Å². The van der Waals surface area contributed by atoms with Gasteiger partial charge in [0.05, 0.1) is 6.54 Å². The van der Waals surface area contributed by atoms with Crippen molar-refractivity contribution in [3.05, 3.63) is 84.3 Å². The Hall–Kier alpha value is -3.61. The maximum absolute atomic E-state index is 13.0. The number of carbonyl (C=O) groups excluding carboxylic acids is 1. The van der Waals surface area contributed by atoms with E-state index in [4.69, 9.17) is 4.98 Å². The van der Waals surface area contributed by atoms with Crippen LogP contribution in [0.1, 0.15) is 24.2 Å². The van der Waals surface area contributed by atoms with E-state index in [1.165, 1.54) is 12.1 Å². The van der Waals surface area contributed by atoms with Crippen molar-refractivity contribution in [3.63, 3.8) is 0 Å². The summed E-state index contributed by atoms with van der Waals surface area (Å²) in [7, 11) is 0. The minimum Gasteiger partial charge on any atom is -0.326 e. The molecule has 1 amide bonds. The van der Waals surface area contributed by atoms with Gasteiger partial charge in [-0.1, -0.05) is 6.07 Å². The number of hydrogen-bond donors (Lipinski definition) is 1. The smallest absolute Gasteiger partial charge is 0.224 e. The number of hydrogen-bond acceptors (Lipinski definition) is 4. The Morgan fingerprint density at radius 1 is 1.07 bits per heavy atom. The number of imidazole rings is 1. The maximum Gasteiger partial charge on any atom is 0.224 e. The average molecular weight is 389 g/mol. The van der Waals surface area contributed by atoms with Gasteiger partial charge >= 0.3 is 0 Å². The predicted molar refractivity (Wildman–Crippen MR) is 109 cm³/mol. The molecule has 0 aliphatic carbocycles. The third-order valence-corrected chi connectivity index (χ3v) is 4.58. The number of nitrogens with zero attached hydrogens (tertiary/aromatic N) is 4. The fraction of sp³-hybridized carbons (Fsp3) is 0.182.